The summed E-state index contributed by atoms with van der Waals surface area (Å²) >= 11 is 0. The van der Waals surface area contributed by atoms with Crippen LogP contribution in [0.4, 0.5) is 5.82 Å². The standard InChI is InChI=1S/C11H17N3O4/c1-5-3-14(11(18)13-10(5)12)7-2-6(4-15)8(16)9(7)17/h3,6-9,15-17H,2,4H2,1H3,(H2,12,13,18)/t6-,7-,8-,9+/m1/s1. The van der Waals surface area contributed by atoms with Gasteiger partial charge in [0.2, 0.25) is 0 Å². The maximum Gasteiger partial charge on any atom is 0.349 e. The van der Waals surface area contributed by atoms with E-state index in [1.165, 1.54) is 10.8 Å². The molecule has 0 radical (unpaired) electrons. The molecule has 18 heavy (non-hydrogen) atoms. The van der Waals surface area contributed by atoms with Crippen molar-refractivity contribution in [3.05, 3.63) is 22.2 Å². The zero-order valence-corrected chi connectivity index (χ0v) is 10.0. The molecule has 1 aliphatic carbocycles. The summed E-state index contributed by atoms with van der Waals surface area (Å²) in [5, 5.41) is 28.7. The molecule has 0 aromatic carbocycles. The van der Waals surface area contributed by atoms with Gasteiger partial charge in [-0.2, -0.15) is 4.98 Å². The number of anilines is 1. The Morgan fingerprint density at radius 3 is 2.72 bits per heavy atom. The van der Waals surface area contributed by atoms with Crippen molar-refractivity contribution in [1.82, 2.24) is 9.55 Å². The summed E-state index contributed by atoms with van der Waals surface area (Å²) in [6.45, 7) is 1.48. The Labute approximate surface area is 104 Å². The van der Waals surface area contributed by atoms with Crippen LogP contribution in [0.1, 0.15) is 18.0 Å². The third kappa shape index (κ3) is 2.00. The lowest BCUT2D eigenvalue weighted by molar-refractivity contribution is -0.00455. The first kappa shape index (κ1) is 13.0. The van der Waals surface area contributed by atoms with Gasteiger partial charge in [0.15, 0.2) is 0 Å². The topological polar surface area (TPSA) is 122 Å². The number of aromatic nitrogens is 2. The van der Waals surface area contributed by atoms with E-state index in [0.29, 0.717) is 12.0 Å². The Morgan fingerprint density at radius 2 is 2.17 bits per heavy atom. The molecule has 0 saturated heterocycles. The molecule has 0 unspecified atom stereocenters. The smallest absolute Gasteiger partial charge is 0.349 e. The Hall–Kier alpha value is -1.44. The van der Waals surface area contributed by atoms with E-state index in [-0.39, 0.29) is 12.4 Å². The third-order valence-corrected chi connectivity index (χ3v) is 3.54. The van der Waals surface area contributed by atoms with Crippen LogP contribution in [0.5, 0.6) is 0 Å². The number of nitrogen functional groups attached to an aromatic ring is 1. The van der Waals surface area contributed by atoms with Crippen molar-refractivity contribution >= 4 is 5.82 Å². The van der Waals surface area contributed by atoms with Gasteiger partial charge in [0, 0.05) is 24.3 Å². The monoisotopic (exact) mass is 255 g/mol. The predicted octanol–water partition coefficient (Wildman–Crippen LogP) is -1.59. The minimum atomic E-state index is -1.09. The fraction of sp³-hybridized carbons (Fsp3) is 0.636. The van der Waals surface area contributed by atoms with E-state index >= 15 is 0 Å². The molecule has 100 valence electrons. The molecular formula is C11H17N3O4. The van der Waals surface area contributed by atoms with Crippen molar-refractivity contribution in [3.63, 3.8) is 0 Å². The summed E-state index contributed by atoms with van der Waals surface area (Å²) in [5.74, 6) is -0.280. The van der Waals surface area contributed by atoms with Crippen molar-refractivity contribution < 1.29 is 15.3 Å². The number of hydrogen-bond acceptors (Lipinski definition) is 6. The summed E-state index contributed by atoms with van der Waals surface area (Å²) in [7, 11) is 0. The van der Waals surface area contributed by atoms with Crippen LogP contribution in [0.2, 0.25) is 0 Å². The van der Waals surface area contributed by atoms with Crippen LogP contribution >= 0.6 is 0 Å². The molecule has 1 heterocycles. The SMILES string of the molecule is Cc1cn([C@@H]2C[C@H](CO)[C@@H](O)[C@H]2O)c(=O)nc1N. The van der Waals surface area contributed by atoms with Crippen LogP contribution in [0.15, 0.2) is 11.0 Å². The first-order valence-corrected chi connectivity index (χ1v) is 5.78. The number of aliphatic hydroxyl groups is 3. The molecule has 5 N–H and O–H groups in total. The third-order valence-electron chi connectivity index (χ3n) is 3.54. The zero-order valence-electron chi connectivity index (χ0n) is 10.0. The van der Waals surface area contributed by atoms with Crippen molar-refractivity contribution in [1.29, 1.82) is 0 Å². The first-order chi connectivity index (χ1) is 8.45. The Bertz CT molecular complexity index is 502. The Kier molecular flexibility index (Phi) is 3.38. The molecule has 1 aromatic heterocycles. The number of nitrogens with zero attached hydrogens (tertiary/aromatic N) is 2. The van der Waals surface area contributed by atoms with Gasteiger partial charge in [-0.25, -0.2) is 4.79 Å². The number of nitrogens with two attached hydrogens (primary N) is 1. The summed E-state index contributed by atoms with van der Waals surface area (Å²) in [5.41, 5.74) is 5.59. The summed E-state index contributed by atoms with van der Waals surface area (Å²) in [6, 6.07) is -0.587. The molecule has 1 fully saturated rings. The van der Waals surface area contributed by atoms with Crippen LogP contribution in [0.25, 0.3) is 0 Å². The Morgan fingerprint density at radius 1 is 1.50 bits per heavy atom. The van der Waals surface area contributed by atoms with Gasteiger partial charge in [0.25, 0.3) is 0 Å². The first-order valence-electron chi connectivity index (χ1n) is 5.78. The van der Waals surface area contributed by atoms with Crippen molar-refractivity contribution in [3.8, 4) is 0 Å². The maximum atomic E-state index is 11.7. The number of aliphatic hydroxyl groups excluding tert-OH is 3. The lowest BCUT2D eigenvalue weighted by atomic mass is 10.1. The second kappa shape index (κ2) is 4.68. The van der Waals surface area contributed by atoms with Crippen molar-refractivity contribution in [2.75, 3.05) is 12.3 Å². The molecule has 1 saturated carbocycles. The highest BCUT2D eigenvalue weighted by atomic mass is 16.3. The summed E-state index contributed by atoms with van der Waals surface area (Å²) in [6.07, 6.45) is -0.288. The van der Waals surface area contributed by atoms with Gasteiger partial charge < -0.3 is 21.1 Å². The van der Waals surface area contributed by atoms with E-state index in [1.807, 2.05) is 0 Å². The molecule has 2 rings (SSSR count). The van der Waals surface area contributed by atoms with Gasteiger partial charge in [-0.1, -0.05) is 0 Å². The normalized spacial score (nSPS) is 31.8. The quantitative estimate of drug-likeness (QED) is 0.505. The van der Waals surface area contributed by atoms with Gasteiger partial charge >= 0.3 is 5.69 Å². The highest BCUT2D eigenvalue weighted by molar-refractivity contribution is 5.35. The highest BCUT2D eigenvalue weighted by Gasteiger charge is 2.42. The highest BCUT2D eigenvalue weighted by Crippen LogP contribution is 2.34. The van der Waals surface area contributed by atoms with Gasteiger partial charge in [0.05, 0.1) is 12.1 Å². The average Bonchev–Trinajstić information content (AvgIpc) is 2.61. The summed E-state index contributed by atoms with van der Waals surface area (Å²) in [4.78, 5) is 15.4. The fourth-order valence-corrected chi connectivity index (χ4v) is 2.37. The minimum Gasteiger partial charge on any atom is -0.396 e. The molecule has 1 aliphatic rings. The number of hydrogen-bond donors (Lipinski definition) is 4. The minimum absolute atomic E-state index is 0.156. The molecule has 0 bridgehead atoms. The molecule has 4 atom stereocenters. The predicted molar refractivity (Wildman–Crippen MR) is 63.9 cm³/mol. The van der Waals surface area contributed by atoms with E-state index in [4.69, 9.17) is 10.8 Å². The van der Waals surface area contributed by atoms with Gasteiger partial charge in [-0.15, -0.1) is 0 Å². The van der Waals surface area contributed by atoms with Crippen LogP contribution in [0.3, 0.4) is 0 Å². The number of rotatable bonds is 2. The van der Waals surface area contributed by atoms with E-state index in [9.17, 15) is 15.0 Å². The fourth-order valence-electron chi connectivity index (χ4n) is 2.37. The van der Waals surface area contributed by atoms with Crippen molar-refractivity contribution in [2.45, 2.75) is 31.6 Å². The largest absolute Gasteiger partial charge is 0.396 e. The lowest BCUT2D eigenvalue weighted by Crippen LogP contribution is -2.35. The van der Waals surface area contributed by atoms with E-state index in [0.717, 1.165) is 0 Å². The van der Waals surface area contributed by atoms with Crippen molar-refractivity contribution in [2.24, 2.45) is 5.92 Å². The molecule has 7 heteroatoms. The lowest BCUT2D eigenvalue weighted by Gasteiger charge is -2.19. The molecular weight excluding hydrogens is 238 g/mol. The molecule has 0 amide bonds. The van der Waals surface area contributed by atoms with Crippen LogP contribution in [-0.4, -0.2) is 43.7 Å². The van der Waals surface area contributed by atoms with Crippen LogP contribution in [0, 0.1) is 12.8 Å². The average molecular weight is 255 g/mol. The van der Waals surface area contributed by atoms with Crippen LogP contribution in [-0.2, 0) is 0 Å². The van der Waals surface area contributed by atoms with Gasteiger partial charge in [-0.05, 0) is 13.3 Å². The van der Waals surface area contributed by atoms with E-state index < -0.39 is 29.9 Å². The number of aryl methyl sites for hydroxylation is 1. The van der Waals surface area contributed by atoms with E-state index in [2.05, 4.69) is 4.98 Å². The second-order valence-electron chi connectivity index (χ2n) is 4.73. The second-order valence-corrected chi connectivity index (χ2v) is 4.73. The zero-order chi connectivity index (χ0) is 13.4. The molecule has 7 nitrogen and oxygen atoms in total. The Balaban J connectivity index is 2.39. The van der Waals surface area contributed by atoms with E-state index in [1.54, 1.807) is 6.92 Å². The maximum absolute atomic E-state index is 11.7. The molecule has 0 spiro atoms. The molecule has 1 aromatic rings. The van der Waals surface area contributed by atoms with Crippen LogP contribution < -0.4 is 11.4 Å². The van der Waals surface area contributed by atoms with Gasteiger partial charge in [0.1, 0.15) is 11.9 Å². The summed E-state index contributed by atoms with van der Waals surface area (Å²) < 4.78 is 1.27. The molecule has 0 aliphatic heterocycles. The van der Waals surface area contributed by atoms with Gasteiger partial charge in [-0.3, -0.25) is 4.57 Å².